The zero-order chi connectivity index (χ0) is 22.2. The highest BCUT2D eigenvalue weighted by molar-refractivity contribution is 7.79. The normalized spacial score (nSPS) is 24.3. The Labute approximate surface area is 176 Å². The van der Waals surface area contributed by atoms with Gasteiger partial charge >= 0.3 is 0 Å². The number of nitrogens with zero attached hydrogens (tertiary/aromatic N) is 1. The van der Waals surface area contributed by atoms with Crippen molar-refractivity contribution in [1.82, 2.24) is 4.90 Å². The second-order valence-corrected chi connectivity index (χ2v) is 7.33. The third-order valence-electron chi connectivity index (χ3n) is 5.44. The van der Waals surface area contributed by atoms with Crippen LogP contribution in [-0.4, -0.2) is 42.1 Å². The number of likely N-dealkylation sites (tertiary alicyclic amines) is 1. The molecule has 1 saturated carbocycles. The van der Waals surface area contributed by atoms with Crippen LogP contribution in [0.25, 0.3) is 11.1 Å². The molecule has 4 rings (SSSR count). The van der Waals surface area contributed by atoms with E-state index in [0.717, 1.165) is 23.1 Å². The zero-order valence-corrected chi connectivity index (χ0v) is 17.0. The average molecular weight is 444 g/mol. The molecule has 162 valence electrons. The maximum absolute atomic E-state index is 14.6. The molecule has 3 nitrogen and oxygen atoms in total. The molecule has 1 amide bonds. The van der Waals surface area contributed by atoms with E-state index in [4.69, 9.17) is 5.73 Å². The summed E-state index contributed by atoms with van der Waals surface area (Å²) in [6, 6.07) is 5.77. The van der Waals surface area contributed by atoms with E-state index in [1.807, 2.05) is 0 Å². The van der Waals surface area contributed by atoms with Gasteiger partial charge in [-0.1, -0.05) is 18.2 Å². The first-order valence-corrected chi connectivity index (χ1v) is 10.2. The lowest BCUT2D eigenvalue weighted by Gasteiger charge is -2.17. The molecule has 1 aliphatic carbocycles. The molecule has 1 saturated heterocycles. The number of amides is 1. The van der Waals surface area contributed by atoms with Crippen LogP contribution in [0.2, 0.25) is 0 Å². The largest absolute Gasteiger partial charge is 0.335 e. The number of hydrogen-bond acceptors (Lipinski definition) is 3. The lowest BCUT2D eigenvalue weighted by atomic mass is 9.94. The topological polar surface area (TPSA) is 46.3 Å². The summed E-state index contributed by atoms with van der Waals surface area (Å²) in [5, 5.41) is 0. The maximum atomic E-state index is 14.6. The van der Waals surface area contributed by atoms with E-state index < -0.39 is 53.7 Å². The Morgan fingerprint density at radius 2 is 1.63 bits per heavy atom. The third-order valence-corrected chi connectivity index (χ3v) is 5.44. The Morgan fingerprint density at radius 3 is 2.20 bits per heavy atom. The number of halogens is 5. The standard InChI is InChI=1S/C20H17F5N2O.CH4S/c21-13-4-1-3-10(18-14(22)5-2-6-15(18)23)17(13)11-7-12(11)19(28)27-8-16(26)20(24,25)9-27;1-2/h1-6,11-12,16H,7-9,26H2;2H,1H3. The fourth-order valence-corrected chi connectivity index (χ4v) is 3.88. The molecule has 0 spiro atoms. The number of hydrogen-bond donors (Lipinski definition) is 2. The van der Waals surface area contributed by atoms with Crippen LogP contribution in [0.5, 0.6) is 0 Å². The number of benzene rings is 2. The van der Waals surface area contributed by atoms with Crippen molar-refractivity contribution in [2.45, 2.75) is 24.3 Å². The molecule has 2 aliphatic rings. The summed E-state index contributed by atoms with van der Waals surface area (Å²) in [6.07, 6.45) is 1.92. The second-order valence-electron chi connectivity index (χ2n) is 7.33. The van der Waals surface area contributed by atoms with Gasteiger partial charge < -0.3 is 10.6 Å². The van der Waals surface area contributed by atoms with Gasteiger partial charge in [0, 0.05) is 12.5 Å². The molecule has 2 aromatic rings. The minimum Gasteiger partial charge on any atom is -0.335 e. The van der Waals surface area contributed by atoms with Crippen molar-refractivity contribution < 1.29 is 26.7 Å². The summed E-state index contributed by atoms with van der Waals surface area (Å²) >= 11 is 3.53. The lowest BCUT2D eigenvalue weighted by molar-refractivity contribution is -0.133. The summed E-state index contributed by atoms with van der Waals surface area (Å²) in [5.74, 6) is -7.44. The third kappa shape index (κ3) is 4.05. The Kier molecular flexibility index (Phi) is 6.43. The molecule has 3 unspecified atom stereocenters. The van der Waals surface area contributed by atoms with Crippen molar-refractivity contribution in [3.8, 4) is 11.1 Å². The summed E-state index contributed by atoms with van der Waals surface area (Å²) in [4.78, 5) is 13.6. The number of nitrogens with two attached hydrogens (primary N) is 1. The first-order valence-electron chi connectivity index (χ1n) is 9.30. The lowest BCUT2D eigenvalue weighted by Crippen LogP contribution is -2.38. The van der Waals surface area contributed by atoms with E-state index >= 15 is 0 Å². The van der Waals surface area contributed by atoms with Crippen molar-refractivity contribution >= 4 is 18.5 Å². The van der Waals surface area contributed by atoms with E-state index in [9.17, 15) is 26.7 Å². The fraction of sp³-hybridized carbons (Fsp3) is 0.381. The molecule has 1 aliphatic heterocycles. The predicted octanol–water partition coefficient (Wildman–Crippen LogP) is 4.23. The summed E-state index contributed by atoms with van der Waals surface area (Å²) in [5.41, 5.74) is 5.06. The van der Waals surface area contributed by atoms with E-state index in [0.29, 0.717) is 0 Å². The summed E-state index contributed by atoms with van der Waals surface area (Å²) in [6.45, 7) is -1.05. The van der Waals surface area contributed by atoms with E-state index in [2.05, 4.69) is 12.6 Å². The smallest absolute Gasteiger partial charge is 0.281 e. The van der Waals surface area contributed by atoms with Gasteiger partial charge in [0.2, 0.25) is 5.91 Å². The highest BCUT2D eigenvalue weighted by atomic mass is 32.1. The maximum Gasteiger partial charge on any atom is 0.281 e. The van der Waals surface area contributed by atoms with Gasteiger partial charge in [0.05, 0.1) is 18.2 Å². The molecule has 3 atom stereocenters. The molecule has 1 heterocycles. The minimum atomic E-state index is -3.17. The van der Waals surface area contributed by atoms with Gasteiger partial charge in [0.15, 0.2) is 0 Å². The molecule has 2 fully saturated rings. The van der Waals surface area contributed by atoms with Crippen LogP contribution < -0.4 is 5.73 Å². The Hall–Kier alpha value is -2.13. The van der Waals surface area contributed by atoms with Gasteiger partial charge in [-0.25, -0.2) is 22.0 Å². The van der Waals surface area contributed by atoms with Crippen molar-refractivity contribution in [3.05, 3.63) is 59.4 Å². The molecule has 9 heteroatoms. The second kappa shape index (κ2) is 8.55. The molecular formula is C21H21F5N2OS. The number of thiol groups is 1. The van der Waals surface area contributed by atoms with Gasteiger partial charge in [-0.3, -0.25) is 4.79 Å². The fourth-order valence-electron chi connectivity index (χ4n) is 3.88. The molecule has 0 bridgehead atoms. The number of rotatable bonds is 3. The monoisotopic (exact) mass is 444 g/mol. The highest BCUT2D eigenvalue weighted by Crippen LogP contribution is 2.53. The van der Waals surface area contributed by atoms with Crippen molar-refractivity contribution in [2.24, 2.45) is 11.7 Å². The number of carbonyl (C=O) groups is 1. The van der Waals surface area contributed by atoms with Gasteiger partial charge in [-0.2, -0.15) is 12.6 Å². The predicted molar refractivity (Wildman–Crippen MR) is 107 cm³/mol. The SMILES string of the molecule is CS.NC1CN(C(=O)C2CC2c2c(F)cccc2-c2c(F)cccc2F)CC1(F)F. The number of alkyl halides is 2. The summed E-state index contributed by atoms with van der Waals surface area (Å²) < 4.78 is 70.3. The summed E-state index contributed by atoms with van der Waals surface area (Å²) in [7, 11) is 0. The molecule has 2 aromatic carbocycles. The van der Waals surface area contributed by atoms with Crippen LogP contribution in [0.15, 0.2) is 36.4 Å². The van der Waals surface area contributed by atoms with Gasteiger partial charge in [0.25, 0.3) is 5.92 Å². The van der Waals surface area contributed by atoms with Crippen LogP contribution >= 0.6 is 12.6 Å². The van der Waals surface area contributed by atoms with E-state index in [1.165, 1.54) is 18.2 Å². The van der Waals surface area contributed by atoms with Gasteiger partial charge in [0.1, 0.15) is 17.5 Å². The van der Waals surface area contributed by atoms with Crippen LogP contribution in [0.3, 0.4) is 0 Å². The molecule has 0 aromatic heterocycles. The zero-order valence-electron chi connectivity index (χ0n) is 16.1. The average Bonchev–Trinajstić information content (AvgIpc) is 3.43. The first kappa shape index (κ1) is 22.6. The molecular weight excluding hydrogens is 423 g/mol. The first-order chi connectivity index (χ1) is 14.2. The van der Waals surface area contributed by atoms with Crippen molar-refractivity contribution in [2.75, 3.05) is 19.3 Å². The van der Waals surface area contributed by atoms with Crippen molar-refractivity contribution in [3.63, 3.8) is 0 Å². The number of carbonyl (C=O) groups excluding carboxylic acids is 1. The van der Waals surface area contributed by atoms with Crippen LogP contribution in [0.1, 0.15) is 17.9 Å². The van der Waals surface area contributed by atoms with Crippen LogP contribution in [0, 0.1) is 23.4 Å². The van der Waals surface area contributed by atoms with Gasteiger partial charge in [-0.15, -0.1) is 0 Å². The van der Waals surface area contributed by atoms with Crippen LogP contribution in [-0.2, 0) is 4.79 Å². The Morgan fingerprint density at radius 1 is 1.07 bits per heavy atom. The van der Waals surface area contributed by atoms with E-state index in [-0.39, 0.29) is 29.7 Å². The Balaban J connectivity index is 0.00000124. The van der Waals surface area contributed by atoms with Crippen LogP contribution in [0.4, 0.5) is 22.0 Å². The molecule has 2 N–H and O–H groups in total. The molecule has 30 heavy (non-hydrogen) atoms. The minimum absolute atomic E-state index is 0.0272. The van der Waals surface area contributed by atoms with E-state index in [1.54, 1.807) is 6.26 Å². The molecule has 0 radical (unpaired) electrons. The Bertz CT molecular complexity index is 935. The highest BCUT2D eigenvalue weighted by Gasteiger charge is 2.53. The quantitative estimate of drug-likeness (QED) is 0.550. The van der Waals surface area contributed by atoms with Gasteiger partial charge in [-0.05, 0) is 47.9 Å². The van der Waals surface area contributed by atoms with Crippen molar-refractivity contribution in [1.29, 1.82) is 0 Å².